The first-order valence-electron chi connectivity index (χ1n) is 17.4. The minimum atomic E-state index is -1.19. The van der Waals surface area contributed by atoms with Crippen LogP contribution >= 0.6 is 0 Å². The number of amides is 4. The van der Waals surface area contributed by atoms with Crippen LogP contribution in [-0.2, 0) is 16.1 Å². The molecule has 0 bridgehead atoms. The first kappa shape index (κ1) is 42.9. The molecule has 2 aromatic carbocycles. The van der Waals surface area contributed by atoms with Crippen molar-refractivity contribution < 1.29 is 39.3 Å². The summed E-state index contributed by atoms with van der Waals surface area (Å²) < 4.78 is 1.82. The number of anilines is 1. The lowest BCUT2D eigenvalue weighted by Gasteiger charge is -2.34. The van der Waals surface area contributed by atoms with Gasteiger partial charge in [0, 0.05) is 13.1 Å². The summed E-state index contributed by atoms with van der Waals surface area (Å²) in [6.07, 6.45) is 8.07. The van der Waals surface area contributed by atoms with Crippen LogP contribution in [0.15, 0.2) is 81.9 Å². The van der Waals surface area contributed by atoms with E-state index in [1.54, 1.807) is 6.92 Å². The maximum atomic E-state index is 13.5. The van der Waals surface area contributed by atoms with Crippen LogP contribution in [0, 0.1) is 6.92 Å². The van der Waals surface area contributed by atoms with Crippen LogP contribution in [0.4, 0.5) is 10.5 Å². The van der Waals surface area contributed by atoms with Crippen LogP contribution in [0.1, 0.15) is 92.6 Å². The number of allylic oxidation sites excluding steroid dienone is 4. The molecule has 3 aromatic rings. The standard InChI is InChI=1S/C35H34N4O10.2C2H6/c1-4-6-19-37-29(41)27(31(43)39(35(37)49)24-16-17-25(33(46)47)21(3)20-24)11-9-7-8-10-26-28(40)36(18-5-2)34(48)38(30(26)42)23-14-12-22(13-15-23)32(44)45;2*1-2/h7-17,20,40H,4-6,18-19H2,1-3H3,(H,44,45)(H,46,47);2*1-2H3/b9-7+,10-8+,27-11+;;. The molecule has 53 heavy (non-hydrogen) atoms. The molecule has 1 aromatic heterocycles. The molecule has 0 radical (unpaired) electrons. The molecule has 0 atom stereocenters. The van der Waals surface area contributed by atoms with E-state index in [1.807, 2.05) is 34.6 Å². The summed E-state index contributed by atoms with van der Waals surface area (Å²) in [5.41, 5.74) is -1.85. The number of benzene rings is 2. The lowest BCUT2D eigenvalue weighted by atomic mass is 10.0. The summed E-state index contributed by atoms with van der Waals surface area (Å²) in [5.74, 6) is -4.67. The van der Waals surface area contributed by atoms with Crippen LogP contribution in [0.3, 0.4) is 0 Å². The average Bonchev–Trinajstić information content (AvgIpc) is 3.14. The number of carboxylic acids is 2. The number of barbiturate groups is 1. The predicted molar refractivity (Wildman–Crippen MR) is 202 cm³/mol. The van der Waals surface area contributed by atoms with Crippen molar-refractivity contribution in [3.8, 4) is 11.6 Å². The van der Waals surface area contributed by atoms with Gasteiger partial charge in [0.1, 0.15) is 11.1 Å². The van der Waals surface area contributed by atoms with Gasteiger partial charge < -0.3 is 15.3 Å². The Bertz CT molecular complexity index is 2050. The number of aromatic nitrogens is 2. The molecule has 14 nitrogen and oxygen atoms in total. The smallest absolute Gasteiger partial charge is 0.338 e. The summed E-state index contributed by atoms with van der Waals surface area (Å²) >= 11 is 0. The van der Waals surface area contributed by atoms with Gasteiger partial charge in [0.25, 0.3) is 17.4 Å². The van der Waals surface area contributed by atoms with E-state index in [-0.39, 0.29) is 46.7 Å². The van der Waals surface area contributed by atoms with Gasteiger partial charge in [0.2, 0.25) is 5.88 Å². The Kier molecular flexibility index (Phi) is 16.1. The van der Waals surface area contributed by atoms with Gasteiger partial charge in [-0.05, 0) is 79.9 Å². The molecule has 0 aliphatic carbocycles. The molecule has 282 valence electrons. The second-order valence-electron chi connectivity index (χ2n) is 11.0. The van der Waals surface area contributed by atoms with E-state index in [1.165, 1.54) is 79.8 Å². The van der Waals surface area contributed by atoms with Gasteiger partial charge >= 0.3 is 23.7 Å². The van der Waals surface area contributed by atoms with E-state index < -0.39 is 46.9 Å². The first-order valence-corrected chi connectivity index (χ1v) is 17.4. The average molecular weight is 731 g/mol. The fourth-order valence-electron chi connectivity index (χ4n) is 5.14. The van der Waals surface area contributed by atoms with Crippen LogP contribution < -0.4 is 16.1 Å². The molecular formula is C39H46N4O10. The summed E-state index contributed by atoms with van der Waals surface area (Å²) in [4.78, 5) is 91.2. The number of carbonyl (C=O) groups excluding carboxylic acids is 3. The van der Waals surface area contributed by atoms with Crippen molar-refractivity contribution in [2.24, 2.45) is 0 Å². The molecule has 4 rings (SSSR count). The molecule has 0 unspecified atom stereocenters. The van der Waals surface area contributed by atoms with Gasteiger partial charge in [0.15, 0.2) is 0 Å². The van der Waals surface area contributed by atoms with Gasteiger partial charge in [-0.1, -0.05) is 66.2 Å². The molecule has 1 fully saturated rings. The van der Waals surface area contributed by atoms with Crippen molar-refractivity contribution >= 4 is 41.5 Å². The Morgan fingerprint density at radius 1 is 0.755 bits per heavy atom. The van der Waals surface area contributed by atoms with Crippen LogP contribution in [0.5, 0.6) is 5.88 Å². The third-order valence-electron chi connectivity index (χ3n) is 7.69. The normalized spacial score (nSPS) is 13.6. The van der Waals surface area contributed by atoms with Crippen molar-refractivity contribution in [1.29, 1.82) is 0 Å². The zero-order chi connectivity index (χ0) is 40.0. The molecule has 1 aliphatic heterocycles. The van der Waals surface area contributed by atoms with Crippen molar-refractivity contribution in [3.05, 3.63) is 115 Å². The van der Waals surface area contributed by atoms with E-state index in [9.17, 15) is 48.9 Å². The van der Waals surface area contributed by atoms with Crippen molar-refractivity contribution in [2.45, 2.75) is 74.3 Å². The predicted octanol–water partition coefficient (Wildman–Crippen LogP) is 6.16. The minimum Gasteiger partial charge on any atom is -0.494 e. The number of nitrogens with zero attached hydrogens (tertiary/aromatic N) is 4. The molecule has 0 saturated carbocycles. The second kappa shape index (κ2) is 19.9. The highest BCUT2D eigenvalue weighted by atomic mass is 16.4. The largest absolute Gasteiger partial charge is 0.494 e. The van der Waals surface area contributed by atoms with E-state index in [2.05, 4.69) is 0 Å². The molecule has 0 spiro atoms. The quantitative estimate of drug-likeness (QED) is 0.110. The third kappa shape index (κ3) is 9.52. The second-order valence-corrected chi connectivity index (χ2v) is 11.0. The van der Waals surface area contributed by atoms with Gasteiger partial charge in [-0.2, -0.15) is 0 Å². The number of hydrogen-bond acceptors (Lipinski definition) is 8. The number of rotatable bonds is 12. The molecular weight excluding hydrogens is 684 g/mol. The number of carboxylic acid groups (broad SMARTS) is 2. The zero-order valence-corrected chi connectivity index (χ0v) is 31.0. The van der Waals surface area contributed by atoms with Gasteiger partial charge in [-0.15, -0.1) is 0 Å². The molecule has 4 amide bonds. The molecule has 2 heterocycles. The van der Waals surface area contributed by atoms with Crippen LogP contribution in [0.2, 0.25) is 0 Å². The highest BCUT2D eigenvalue weighted by Gasteiger charge is 2.42. The fourth-order valence-corrected chi connectivity index (χ4v) is 5.14. The highest BCUT2D eigenvalue weighted by molar-refractivity contribution is 6.37. The number of aromatic hydroxyl groups is 1. The maximum Gasteiger partial charge on any atom is 0.338 e. The third-order valence-corrected chi connectivity index (χ3v) is 7.69. The zero-order valence-electron chi connectivity index (χ0n) is 31.0. The fraction of sp³-hybridized carbons (Fsp3) is 0.308. The Labute approximate surface area is 307 Å². The Morgan fingerprint density at radius 3 is 1.92 bits per heavy atom. The Balaban J connectivity index is 0.00000235. The molecule has 3 N–H and O–H groups in total. The van der Waals surface area contributed by atoms with Gasteiger partial charge in [0.05, 0.1) is 22.5 Å². The minimum absolute atomic E-state index is 0.0101. The maximum absolute atomic E-state index is 13.5. The van der Waals surface area contributed by atoms with Gasteiger partial charge in [-0.3, -0.25) is 23.9 Å². The SMILES string of the molecule is CC.CC.CCCCN1C(=O)\C(=C/C=C/C=C/c2c(O)n(CCC)c(=O)n(-c3ccc(C(=O)O)cc3)c2=O)C(=O)N(c2ccc(C(=O)O)c(C)c2)C1=O. The van der Waals surface area contributed by atoms with Crippen molar-refractivity contribution in [2.75, 3.05) is 11.4 Å². The number of hydrogen-bond donors (Lipinski definition) is 3. The number of carbonyl (C=O) groups is 5. The Hall–Kier alpha value is -6.31. The summed E-state index contributed by atoms with van der Waals surface area (Å²) in [6, 6.07) is 8.18. The molecule has 1 saturated heterocycles. The molecule has 14 heteroatoms. The number of imide groups is 2. The van der Waals surface area contributed by atoms with E-state index in [0.717, 1.165) is 18.9 Å². The van der Waals surface area contributed by atoms with Crippen LogP contribution in [-0.4, -0.2) is 65.7 Å². The lowest BCUT2D eigenvalue weighted by molar-refractivity contribution is -0.129. The number of urea groups is 1. The summed E-state index contributed by atoms with van der Waals surface area (Å²) in [5, 5.41) is 29.4. The summed E-state index contributed by atoms with van der Waals surface area (Å²) in [6.45, 7) is 13.3. The van der Waals surface area contributed by atoms with Crippen molar-refractivity contribution in [1.82, 2.24) is 14.0 Å². The van der Waals surface area contributed by atoms with Crippen LogP contribution in [0.25, 0.3) is 11.8 Å². The number of aryl methyl sites for hydroxylation is 1. The van der Waals surface area contributed by atoms with E-state index >= 15 is 0 Å². The van der Waals surface area contributed by atoms with E-state index in [0.29, 0.717) is 24.8 Å². The molecule has 1 aliphatic rings. The Morgan fingerprint density at radius 2 is 1.38 bits per heavy atom. The topological polar surface area (TPSA) is 197 Å². The highest BCUT2D eigenvalue weighted by Crippen LogP contribution is 2.27. The van der Waals surface area contributed by atoms with Gasteiger partial charge in [-0.25, -0.2) is 28.6 Å². The summed E-state index contributed by atoms with van der Waals surface area (Å²) in [7, 11) is 0. The monoisotopic (exact) mass is 730 g/mol. The van der Waals surface area contributed by atoms with E-state index in [4.69, 9.17) is 0 Å². The number of aromatic carboxylic acids is 2. The first-order chi connectivity index (χ1) is 25.3. The lowest BCUT2D eigenvalue weighted by Crippen LogP contribution is -2.56. The number of unbranched alkanes of at least 4 members (excludes halogenated alkanes) is 1. The van der Waals surface area contributed by atoms with Crippen molar-refractivity contribution in [3.63, 3.8) is 0 Å².